The summed E-state index contributed by atoms with van der Waals surface area (Å²) in [5.41, 5.74) is 2.10. The van der Waals surface area contributed by atoms with Gasteiger partial charge in [-0.3, -0.25) is 5.84 Å². The SMILES string of the molecule is Cc1ccoc1C(NN)c1ccc(C(F)(F)F)c(F)c1. The third-order valence-electron chi connectivity index (χ3n) is 2.96. The Morgan fingerprint density at radius 3 is 2.40 bits per heavy atom. The molecule has 2 aromatic rings. The molecule has 1 unspecified atom stereocenters. The lowest BCUT2D eigenvalue weighted by Crippen LogP contribution is -2.29. The number of alkyl halides is 3. The molecule has 0 fully saturated rings. The highest BCUT2D eigenvalue weighted by molar-refractivity contribution is 5.34. The average Bonchev–Trinajstić information content (AvgIpc) is 2.75. The van der Waals surface area contributed by atoms with E-state index in [4.69, 9.17) is 10.3 Å². The Morgan fingerprint density at radius 1 is 1.25 bits per heavy atom. The first-order chi connectivity index (χ1) is 9.34. The van der Waals surface area contributed by atoms with E-state index in [0.29, 0.717) is 11.8 Å². The lowest BCUT2D eigenvalue weighted by molar-refractivity contribution is -0.140. The van der Waals surface area contributed by atoms with Crippen molar-refractivity contribution in [1.29, 1.82) is 0 Å². The first-order valence-electron chi connectivity index (χ1n) is 5.71. The summed E-state index contributed by atoms with van der Waals surface area (Å²) in [5, 5.41) is 0. The average molecular weight is 288 g/mol. The molecule has 7 heteroatoms. The number of halogens is 4. The molecule has 2 rings (SSSR count). The van der Waals surface area contributed by atoms with Crippen LogP contribution >= 0.6 is 0 Å². The third-order valence-corrected chi connectivity index (χ3v) is 2.96. The quantitative estimate of drug-likeness (QED) is 0.517. The number of hydrazine groups is 1. The number of nitrogens with one attached hydrogen (secondary N) is 1. The maximum absolute atomic E-state index is 13.6. The Balaban J connectivity index is 2.43. The Bertz CT molecular complexity index is 607. The molecular weight excluding hydrogens is 276 g/mol. The second kappa shape index (κ2) is 5.26. The van der Waals surface area contributed by atoms with Crippen molar-refractivity contribution in [2.75, 3.05) is 0 Å². The number of hydrogen-bond donors (Lipinski definition) is 2. The number of furan rings is 1. The van der Waals surface area contributed by atoms with Crippen LogP contribution in [0, 0.1) is 12.7 Å². The summed E-state index contributed by atoms with van der Waals surface area (Å²) in [6, 6.07) is 3.61. The summed E-state index contributed by atoms with van der Waals surface area (Å²) < 4.78 is 56.3. The molecule has 0 aliphatic carbocycles. The van der Waals surface area contributed by atoms with Gasteiger partial charge < -0.3 is 4.42 Å². The van der Waals surface area contributed by atoms with Crippen LogP contribution in [-0.4, -0.2) is 0 Å². The first kappa shape index (κ1) is 14.5. The van der Waals surface area contributed by atoms with Gasteiger partial charge in [0, 0.05) is 0 Å². The molecule has 1 aromatic carbocycles. The lowest BCUT2D eigenvalue weighted by Gasteiger charge is -2.16. The molecule has 0 bridgehead atoms. The largest absolute Gasteiger partial charge is 0.467 e. The van der Waals surface area contributed by atoms with Crippen LogP contribution in [0.2, 0.25) is 0 Å². The first-order valence-corrected chi connectivity index (χ1v) is 5.71. The van der Waals surface area contributed by atoms with Gasteiger partial charge in [-0.05, 0) is 36.2 Å². The number of aryl methyl sites for hydroxylation is 1. The fourth-order valence-corrected chi connectivity index (χ4v) is 1.94. The van der Waals surface area contributed by atoms with Crippen LogP contribution in [0.15, 0.2) is 34.9 Å². The van der Waals surface area contributed by atoms with E-state index >= 15 is 0 Å². The molecule has 0 aliphatic rings. The van der Waals surface area contributed by atoms with Gasteiger partial charge in [0.25, 0.3) is 0 Å². The van der Waals surface area contributed by atoms with Crippen LogP contribution in [-0.2, 0) is 6.18 Å². The topological polar surface area (TPSA) is 51.2 Å². The van der Waals surface area contributed by atoms with Gasteiger partial charge >= 0.3 is 6.18 Å². The summed E-state index contributed by atoms with van der Waals surface area (Å²) in [7, 11) is 0. The van der Waals surface area contributed by atoms with Gasteiger partial charge in [0.05, 0.1) is 11.8 Å². The highest BCUT2D eigenvalue weighted by Gasteiger charge is 2.34. The van der Waals surface area contributed by atoms with Crippen molar-refractivity contribution < 1.29 is 22.0 Å². The van der Waals surface area contributed by atoms with Crippen LogP contribution in [0.1, 0.15) is 28.5 Å². The molecule has 3 nitrogen and oxygen atoms in total. The zero-order valence-electron chi connectivity index (χ0n) is 10.5. The lowest BCUT2D eigenvalue weighted by atomic mass is 10.0. The molecule has 1 heterocycles. The summed E-state index contributed by atoms with van der Waals surface area (Å²) in [5.74, 6) is 4.46. The number of rotatable bonds is 3. The van der Waals surface area contributed by atoms with Gasteiger partial charge in [0.2, 0.25) is 0 Å². The molecule has 108 valence electrons. The summed E-state index contributed by atoms with van der Waals surface area (Å²) in [6.07, 6.45) is -3.30. The van der Waals surface area contributed by atoms with E-state index < -0.39 is 23.6 Å². The second-order valence-corrected chi connectivity index (χ2v) is 4.30. The van der Waals surface area contributed by atoms with Gasteiger partial charge in [-0.15, -0.1) is 0 Å². The molecule has 0 spiro atoms. The highest BCUT2D eigenvalue weighted by atomic mass is 19.4. The zero-order valence-corrected chi connectivity index (χ0v) is 10.5. The predicted octanol–water partition coefficient (Wildman–Crippen LogP) is 3.30. The Kier molecular flexibility index (Phi) is 3.82. The number of hydrogen-bond acceptors (Lipinski definition) is 3. The highest BCUT2D eigenvalue weighted by Crippen LogP contribution is 2.33. The van der Waals surface area contributed by atoms with Gasteiger partial charge in [-0.1, -0.05) is 6.07 Å². The fraction of sp³-hybridized carbons (Fsp3) is 0.231. The van der Waals surface area contributed by atoms with E-state index in [1.807, 2.05) is 0 Å². The molecule has 3 N–H and O–H groups in total. The van der Waals surface area contributed by atoms with Crippen LogP contribution in [0.5, 0.6) is 0 Å². The molecule has 0 saturated carbocycles. The summed E-state index contributed by atoms with van der Waals surface area (Å²) in [6.45, 7) is 1.75. The predicted molar refractivity (Wildman–Crippen MR) is 64.0 cm³/mol. The maximum atomic E-state index is 13.6. The van der Waals surface area contributed by atoms with Crippen LogP contribution < -0.4 is 11.3 Å². The molecule has 0 saturated heterocycles. The minimum atomic E-state index is -4.73. The molecule has 0 radical (unpaired) electrons. The smallest absolute Gasteiger partial charge is 0.419 e. The maximum Gasteiger partial charge on any atom is 0.419 e. The van der Waals surface area contributed by atoms with Gasteiger partial charge in [-0.2, -0.15) is 13.2 Å². The number of benzene rings is 1. The zero-order chi connectivity index (χ0) is 14.9. The molecule has 0 aliphatic heterocycles. The van der Waals surface area contributed by atoms with Gasteiger partial charge in [0.15, 0.2) is 0 Å². The van der Waals surface area contributed by atoms with Gasteiger partial charge in [-0.25, -0.2) is 9.82 Å². The molecule has 20 heavy (non-hydrogen) atoms. The van der Waals surface area contributed by atoms with E-state index in [-0.39, 0.29) is 5.56 Å². The van der Waals surface area contributed by atoms with Crippen molar-refractivity contribution in [1.82, 2.24) is 5.43 Å². The van der Waals surface area contributed by atoms with Gasteiger partial charge in [0.1, 0.15) is 17.6 Å². The molecule has 1 aromatic heterocycles. The normalized spacial score (nSPS) is 13.5. The summed E-state index contributed by atoms with van der Waals surface area (Å²) >= 11 is 0. The fourth-order valence-electron chi connectivity index (χ4n) is 1.94. The van der Waals surface area contributed by atoms with E-state index in [0.717, 1.165) is 11.6 Å². The number of nitrogens with two attached hydrogens (primary N) is 1. The molecular formula is C13H12F4N2O. The standard InChI is InChI=1S/C13H12F4N2O/c1-7-4-5-20-12(7)11(19-18)8-2-3-9(10(14)6-8)13(15,16)17/h2-6,11,19H,18H2,1H3. The summed E-state index contributed by atoms with van der Waals surface area (Å²) in [4.78, 5) is 0. The van der Waals surface area contributed by atoms with Crippen molar-refractivity contribution in [2.45, 2.75) is 19.1 Å². The van der Waals surface area contributed by atoms with E-state index in [9.17, 15) is 17.6 Å². The Morgan fingerprint density at radius 2 is 1.95 bits per heavy atom. The van der Waals surface area contributed by atoms with Crippen molar-refractivity contribution in [3.8, 4) is 0 Å². The van der Waals surface area contributed by atoms with Crippen molar-refractivity contribution in [3.63, 3.8) is 0 Å². The van der Waals surface area contributed by atoms with Crippen molar-refractivity contribution >= 4 is 0 Å². The molecule has 0 amide bonds. The van der Waals surface area contributed by atoms with E-state index in [1.165, 1.54) is 12.3 Å². The van der Waals surface area contributed by atoms with Crippen LogP contribution in [0.3, 0.4) is 0 Å². The Labute approximate surface area is 112 Å². The van der Waals surface area contributed by atoms with E-state index in [1.54, 1.807) is 13.0 Å². The van der Waals surface area contributed by atoms with Crippen molar-refractivity contribution in [2.24, 2.45) is 5.84 Å². The monoisotopic (exact) mass is 288 g/mol. The second-order valence-electron chi connectivity index (χ2n) is 4.30. The Hall–Kier alpha value is -1.86. The third kappa shape index (κ3) is 2.68. The van der Waals surface area contributed by atoms with Crippen LogP contribution in [0.4, 0.5) is 17.6 Å². The minimum absolute atomic E-state index is 0.246. The minimum Gasteiger partial charge on any atom is -0.467 e. The van der Waals surface area contributed by atoms with Crippen molar-refractivity contribution in [3.05, 3.63) is 58.8 Å². The van der Waals surface area contributed by atoms with Crippen LogP contribution in [0.25, 0.3) is 0 Å². The molecule has 1 atom stereocenters. The van der Waals surface area contributed by atoms with E-state index in [2.05, 4.69) is 5.43 Å².